The fourth-order valence-electron chi connectivity index (χ4n) is 2.14. The maximum atomic E-state index is 12.4. The number of amides is 4. The molecule has 2 N–H and O–H groups in total. The summed E-state index contributed by atoms with van der Waals surface area (Å²) in [6, 6.07) is -0.647. The molecule has 1 fully saturated rings. The van der Waals surface area contributed by atoms with Gasteiger partial charge in [0, 0.05) is 38.1 Å². The highest BCUT2D eigenvalue weighted by atomic mass is 16.2. The molecule has 22 heavy (non-hydrogen) atoms. The van der Waals surface area contributed by atoms with Crippen LogP contribution in [0.3, 0.4) is 0 Å². The molecule has 126 valence electrons. The normalized spacial score (nSPS) is 17.0. The second kappa shape index (κ2) is 7.47. The number of nitrogens with zero attached hydrogens (tertiary/aromatic N) is 2. The largest absolute Gasteiger partial charge is 0.344 e. The van der Waals surface area contributed by atoms with E-state index in [1.54, 1.807) is 16.7 Å². The summed E-state index contributed by atoms with van der Waals surface area (Å²) in [5.41, 5.74) is -0.522. The van der Waals surface area contributed by atoms with Crippen molar-refractivity contribution in [2.75, 3.05) is 32.7 Å². The number of urea groups is 1. The average Bonchev–Trinajstić information content (AvgIpc) is 2.45. The second-order valence-corrected chi connectivity index (χ2v) is 6.59. The van der Waals surface area contributed by atoms with Gasteiger partial charge in [-0.2, -0.15) is 0 Å². The molecule has 0 radical (unpaired) electrons. The van der Waals surface area contributed by atoms with Crippen molar-refractivity contribution in [1.29, 1.82) is 0 Å². The molecule has 0 spiro atoms. The quantitative estimate of drug-likeness (QED) is 0.792. The topological polar surface area (TPSA) is 81.8 Å². The lowest BCUT2D eigenvalue weighted by Gasteiger charge is -2.36. The highest BCUT2D eigenvalue weighted by Crippen LogP contribution is 2.13. The summed E-state index contributed by atoms with van der Waals surface area (Å²) in [4.78, 5) is 39.4. The Morgan fingerprint density at radius 1 is 1.05 bits per heavy atom. The average molecular weight is 312 g/mol. The van der Waals surface area contributed by atoms with Crippen LogP contribution in [0.5, 0.6) is 0 Å². The number of rotatable bonds is 3. The summed E-state index contributed by atoms with van der Waals surface area (Å²) in [7, 11) is 0. The summed E-state index contributed by atoms with van der Waals surface area (Å²) in [5.74, 6) is -0.248. The smallest absolute Gasteiger partial charge is 0.317 e. The Morgan fingerprint density at radius 2 is 1.55 bits per heavy atom. The van der Waals surface area contributed by atoms with Crippen LogP contribution in [0, 0.1) is 5.41 Å². The molecule has 0 bridgehead atoms. The van der Waals surface area contributed by atoms with Crippen molar-refractivity contribution in [3.8, 4) is 0 Å². The van der Waals surface area contributed by atoms with E-state index in [1.165, 1.54) is 0 Å². The summed E-state index contributed by atoms with van der Waals surface area (Å²) in [6.07, 6.45) is 0. The monoisotopic (exact) mass is 312 g/mol. The predicted octanol–water partition coefficient (Wildman–Crippen LogP) is 0.411. The molecule has 1 saturated heterocycles. The van der Waals surface area contributed by atoms with Crippen LogP contribution in [-0.2, 0) is 9.59 Å². The number of nitrogens with one attached hydrogen (secondary N) is 2. The molecule has 1 atom stereocenters. The van der Waals surface area contributed by atoms with Gasteiger partial charge >= 0.3 is 6.03 Å². The Morgan fingerprint density at radius 3 is 2.00 bits per heavy atom. The third-order valence-corrected chi connectivity index (χ3v) is 3.61. The van der Waals surface area contributed by atoms with Crippen LogP contribution in [-0.4, -0.2) is 66.4 Å². The summed E-state index contributed by atoms with van der Waals surface area (Å²) < 4.78 is 0. The Labute approximate surface area is 132 Å². The second-order valence-electron chi connectivity index (χ2n) is 6.59. The molecule has 0 aromatic heterocycles. The first-order chi connectivity index (χ1) is 10.2. The van der Waals surface area contributed by atoms with Gasteiger partial charge in [0.25, 0.3) is 0 Å². The molecule has 1 rings (SSSR count). The first kappa shape index (κ1) is 18.3. The van der Waals surface area contributed by atoms with E-state index in [1.807, 2.05) is 27.7 Å². The predicted molar refractivity (Wildman–Crippen MR) is 84.3 cm³/mol. The number of carbonyl (C=O) groups excluding carboxylic acids is 3. The van der Waals surface area contributed by atoms with Crippen LogP contribution in [0.15, 0.2) is 0 Å². The molecule has 7 heteroatoms. The molecule has 0 aliphatic carbocycles. The first-order valence-electron chi connectivity index (χ1n) is 7.79. The van der Waals surface area contributed by atoms with Gasteiger partial charge < -0.3 is 20.4 Å². The molecule has 1 aliphatic heterocycles. The van der Waals surface area contributed by atoms with E-state index in [-0.39, 0.29) is 17.8 Å². The van der Waals surface area contributed by atoms with Gasteiger partial charge in [0.15, 0.2) is 0 Å². The van der Waals surface area contributed by atoms with Gasteiger partial charge in [-0.1, -0.05) is 20.8 Å². The first-order valence-corrected chi connectivity index (χ1v) is 7.79. The van der Waals surface area contributed by atoms with Gasteiger partial charge in [-0.25, -0.2) is 4.79 Å². The van der Waals surface area contributed by atoms with Crippen LogP contribution >= 0.6 is 0 Å². The van der Waals surface area contributed by atoms with Crippen LogP contribution in [0.4, 0.5) is 4.79 Å². The van der Waals surface area contributed by atoms with Crippen LogP contribution in [0.2, 0.25) is 0 Å². The minimum absolute atomic E-state index is 0.0938. The molecule has 0 aromatic carbocycles. The lowest BCUT2D eigenvalue weighted by Crippen LogP contribution is -2.57. The minimum Gasteiger partial charge on any atom is -0.344 e. The molecular formula is C15H28N4O3. The van der Waals surface area contributed by atoms with Gasteiger partial charge in [0.1, 0.15) is 6.04 Å². The van der Waals surface area contributed by atoms with E-state index in [0.29, 0.717) is 32.7 Å². The fourth-order valence-corrected chi connectivity index (χ4v) is 2.14. The standard InChI is InChI=1S/C15H28N4O3/c1-6-16-14(22)19-9-7-18(8-10-19)12(20)11(2)17-13(21)15(3,4)5/h11H,6-10H2,1-5H3,(H,16,22)(H,17,21). The van der Waals surface area contributed by atoms with Gasteiger partial charge in [0.2, 0.25) is 11.8 Å². The Hall–Kier alpha value is -1.79. The van der Waals surface area contributed by atoms with Crippen molar-refractivity contribution in [3.05, 3.63) is 0 Å². The van der Waals surface area contributed by atoms with Crippen LogP contribution in [0.25, 0.3) is 0 Å². The minimum atomic E-state index is -0.553. The molecule has 0 aromatic rings. The Balaban J connectivity index is 2.48. The van der Waals surface area contributed by atoms with E-state index in [2.05, 4.69) is 10.6 Å². The van der Waals surface area contributed by atoms with Gasteiger partial charge in [-0.05, 0) is 13.8 Å². The Bertz CT molecular complexity index is 423. The van der Waals surface area contributed by atoms with Gasteiger partial charge in [-0.3, -0.25) is 9.59 Å². The zero-order chi connectivity index (χ0) is 16.9. The lowest BCUT2D eigenvalue weighted by molar-refractivity contribution is -0.139. The molecule has 1 aliphatic rings. The van der Waals surface area contributed by atoms with Crippen molar-refractivity contribution in [3.63, 3.8) is 0 Å². The zero-order valence-electron chi connectivity index (χ0n) is 14.2. The number of piperazine rings is 1. The van der Waals surface area contributed by atoms with Crippen molar-refractivity contribution in [2.24, 2.45) is 5.41 Å². The maximum absolute atomic E-state index is 12.4. The third-order valence-electron chi connectivity index (χ3n) is 3.61. The van der Waals surface area contributed by atoms with E-state index >= 15 is 0 Å². The molecule has 1 unspecified atom stereocenters. The van der Waals surface area contributed by atoms with E-state index < -0.39 is 11.5 Å². The third kappa shape index (κ3) is 4.89. The van der Waals surface area contributed by atoms with Crippen molar-refractivity contribution in [1.82, 2.24) is 20.4 Å². The van der Waals surface area contributed by atoms with Gasteiger partial charge in [-0.15, -0.1) is 0 Å². The lowest BCUT2D eigenvalue weighted by atomic mass is 9.95. The highest BCUT2D eigenvalue weighted by molar-refractivity contribution is 5.89. The number of carbonyl (C=O) groups is 3. The molecule has 0 saturated carbocycles. The van der Waals surface area contributed by atoms with E-state index in [0.717, 1.165) is 0 Å². The highest BCUT2D eigenvalue weighted by Gasteiger charge is 2.29. The van der Waals surface area contributed by atoms with E-state index in [4.69, 9.17) is 0 Å². The molecule has 4 amide bonds. The zero-order valence-corrected chi connectivity index (χ0v) is 14.2. The number of hydrogen-bond acceptors (Lipinski definition) is 3. The molecule has 7 nitrogen and oxygen atoms in total. The number of hydrogen-bond donors (Lipinski definition) is 2. The molecular weight excluding hydrogens is 284 g/mol. The fraction of sp³-hybridized carbons (Fsp3) is 0.800. The summed E-state index contributed by atoms with van der Waals surface area (Å²) in [5, 5.41) is 5.50. The van der Waals surface area contributed by atoms with Crippen molar-refractivity contribution < 1.29 is 14.4 Å². The van der Waals surface area contributed by atoms with Gasteiger partial charge in [0.05, 0.1) is 0 Å². The van der Waals surface area contributed by atoms with E-state index in [9.17, 15) is 14.4 Å². The van der Waals surface area contributed by atoms with Crippen LogP contribution in [0.1, 0.15) is 34.6 Å². The summed E-state index contributed by atoms with van der Waals surface area (Å²) in [6.45, 7) is 11.6. The Kier molecular flexibility index (Phi) is 6.20. The maximum Gasteiger partial charge on any atom is 0.317 e. The van der Waals surface area contributed by atoms with Crippen LogP contribution < -0.4 is 10.6 Å². The van der Waals surface area contributed by atoms with Crippen molar-refractivity contribution in [2.45, 2.75) is 40.7 Å². The van der Waals surface area contributed by atoms with Crippen molar-refractivity contribution >= 4 is 17.8 Å². The SMILES string of the molecule is CCNC(=O)N1CCN(C(=O)C(C)NC(=O)C(C)(C)C)CC1. The molecule has 1 heterocycles. The summed E-state index contributed by atoms with van der Waals surface area (Å²) >= 11 is 0.